The monoisotopic (exact) mass is 370 g/mol. The Morgan fingerprint density at radius 2 is 1.81 bits per heavy atom. The molecular formula is C20H19FN2O2S. The fraction of sp³-hybridized carbons (Fsp3) is 0.200. The summed E-state index contributed by atoms with van der Waals surface area (Å²) in [6.07, 6.45) is 0. The molecule has 2 amide bonds. The normalized spacial score (nSPS) is 10.7. The Balaban J connectivity index is 1.82. The molecular weight excluding hydrogens is 351 g/mol. The van der Waals surface area contributed by atoms with Crippen LogP contribution in [-0.4, -0.2) is 29.8 Å². The number of rotatable bonds is 5. The highest BCUT2D eigenvalue weighted by atomic mass is 32.1. The molecule has 0 unspecified atom stereocenters. The molecule has 0 saturated heterocycles. The summed E-state index contributed by atoms with van der Waals surface area (Å²) in [4.78, 5) is 27.1. The summed E-state index contributed by atoms with van der Waals surface area (Å²) in [5.41, 5.74) is 1.06. The van der Waals surface area contributed by atoms with E-state index in [4.69, 9.17) is 0 Å². The van der Waals surface area contributed by atoms with E-state index in [-0.39, 0.29) is 17.6 Å². The number of thiophene rings is 1. The number of nitrogens with one attached hydrogen (secondary N) is 1. The van der Waals surface area contributed by atoms with Gasteiger partial charge in [0, 0.05) is 34.4 Å². The van der Waals surface area contributed by atoms with Crippen LogP contribution in [-0.2, 0) is 0 Å². The number of carbonyl (C=O) groups is 2. The highest BCUT2D eigenvalue weighted by Gasteiger charge is 2.15. The van der Waals surface area contributed by atoms with Crippen LogP contribution < -0.4 is 5.32 Å². The number of nitrogens with zero attached hydrogens (tertiary/aromatic N) is 1. The lowest BCUT2D eigenvalue weighted by Gasteiger charge is -2.18. The van der Waals surface area contributed by atoms with Crippen molar-refractivity contribution < 1.29 is 14.0 Å². The second-order valence-corrected chi connectivity index (χ2v) is 6.86. The second kappa shape index (κ2) is 7.66. The molecule has 0 fully saturated rings. The molecule has 0 aliphatic heterocycles. The average Bonchev–Trinajstić information content (AvgIpc) is 3.09. The molecule has 0 saturated carbocycles. The van der Waals surface area contributed by atoms with E-state index in [0.717, 1.165) is 4.70 Å². The highest BCUT2D eigenvalue weighted by molar-refractivity contribution is 7.20. The molecule has 0 aliphatic carbocycles. The molecule has 1 aromatic heterocycles. The Hall–Kier alpha value is -2.73. The minimum absolute atomic E-state index is 0.0740. The van der Waals surface area contributed by atoms with Gasteiger partial charge in [-0.2, -0.15) is 0 Å². The van der Waals surface area contributed by atoms with Crippen LogP contribution in [0, 0.1) is 5.82 Å². The first-order valence-electron chi connectivity index (χ1n) is 8.42. The van der Waals surface area contributed by atoms with Gasteiger partial charge in [0.1, 0.15) is 5.82 Å². The van der Waals surface area contributed by atoms with Crippen LogP contribution in [0.2, 0.25) is 0 Å². The third kappa shape index (κ3) is 3.60. The molecule has 0 spiro atoms. The van der Waals surface area contributed by atoms with Crippen molar-refractivity contribution in [3.8, 4) is 0 Å². The van der Waals surface area contributed by atoms with Crippen molar-refractivity contribution >= 4 is 38.9 Å². The molecule has 3 rings (SSSR count). The molecule has 0 radical (unpaired) electrons. The Bertz CT molecular complexity index is 963. The van der Waals surface area contributed by atoms with E-state index >= 15 is 0 Å². The summed E-state index contributed by atoms with van der Waals surface area (Å²) >= 11 is 1.23. The summed E-state index contributed by atoms with van der Waals surface area (Å²) in [6, 6.07) is 13.2. The molecule has 3 aromatic rings. The fourth-order valence-electron chi connectivity index (χ4n) is 2.75. The maximum atomic E-state index is 13.8. The number of anilines is 1. The van der Waals surface area contributed by atoms with Gasteiger partial charge in [0.15, 0.2) is 0 Å². The van der Waals surface area contributed by atoms with Gasteiger partial charge in [-0.3, -0.25) is 9.59 Å². The lowest BCUT2D eigenvalue weighted by Crippen LogP contribution is -2.30. The zero-order chi connectivity index (χ0) is 18.7. The molecule has 1 N–H and O–H groups in total. The lowest BCUT2D eigenvalue weighted by atomic mass is 10.1. The molecule has 4 nitrogen and oxygen atoms in total. The zero-order valence-electron chi connectivity index (χ0n) is 14.6. The number of hydrogen-bond acceptors (Lipinski definition) is 3. The quantitative estimate of drug-likeness (QED) is 0.703. The van der Waals surface area contributed by atoms with Crippen molar-refractivity contribution in [2.24, 2.45) is 0 Å². The zero-order valence-corrected chi connectivity index (χ0v) is 15.4. The lowest BCUT2D eigenvalue weighted by molar-refractivity contribution is 0.0772. The van der Waals surface area contributed by atoms with E-state index in [1.54, 1.807) is 47.4 Å². The van der Waals surface area contributed by atoms with Crippen LogP contribution in [0.15, 0.2) is 48.5 Å². The van der Waals surface area contributed by atoms with Gasteiger partial charge in [0.25, 0.3) is 11.8 Å². The van der Waals surface area contributed by atoms with Crippen molar-refractivity contribution in [3.63, 3.8) is 0 Å². The topological polar surface area (TPSA) is 49.4 Å². The van der Waals surface area contributed by atoms with Crippen LogP contribution in [0.4, 0.5) is 10.1 Å². The minimum atomic E-state index is -0.343. The van der Waals surface area contributed by atoms with E-state index in [2.05, 4.69) is 5.32 Å². The summed E-state index contributed by atoms with van der Waals surface area (Å²) in [5, 5.41) is 3.23. The average molecular weight is 370 g/mol. The number of fused-ring (bicyclic) bond motifs is 1. The molecule has 2 aromatic carbocycles. The SMILES string of the molecule is CCN(CC)C(=O)c1cccc(NC(=O)c2cc3c(F)cccc3s2)c1. The van der Waals surface area contributed by atoms with Gasteiger partial charge < -0.3 is 10.2 Å². The number of hydrogen-bond donors (Lipinski definition) is 1. The molecule has 1 heterocycles. The van der Waals surface area contributed by atoms with E-state index in [1.807, 2.05) is 13.8 Å². The molecule has 134 valence electrons. The van der Waals surface area contributed by atoms with Crippen molar-refractivity contribution in [1.82, 2.24) is 4.90 Å². The van der Waals surface area contributed by atoms with Gasteiger partial charge in [-0.15, -0.1) is 11.3 Å². The summed E-state index contributed by atoms with van der Waals surface area (Å²) < 4.78 is 14.5. The summed E-state index contributed by atoms with van der Waals surface area (Å²) in [6.45, 7) is 5.10. The predicted octanol–water partition coefficient (Wildman–Crippen LogP) is 4.77. The summed E-state index contributed by atoms with van der Waals surface area (Å²) in [7, 11) is 0. The smallest absolute Gasteiger partial charge is 0.265 e. The molecule has 0 aliphatic rings. The molecule has 6 heteroatoms. The predicted molar refractivity (Wildman–Crippen MR) is 103 cm³/mol. The van der Waals surface area contributed by atoms with Crippen molar-refractivity contribution in [1.29, 1.82) is 0 Å². The Labute approximate surface area is 155 Å². The van der Waals surface area contributed by atoms with Gasteiger partial charge >= 0.3 is 0 Å². The van der Waals surface area contributed by atoms with Gasteiger partial charge in [0.2, 0.25) is 0 Å². The maximum Gasteiger partial charge on any atom is 0.265 e. The highest BCUT2D eigenvalue weighted by Crippen LogP contribution is 2.28. The van der Waals surface area contributed by atoms with Crippen molar-refractivity contribution in [2.45, 2.75) is 13.8 Å². The Morgan fingerprint density at radius 1 is 1.08 bits per heavy atom. The third-order valence-corrected chi connectivity index (χ3v) is 5.25. The van der Waals surface area contributed by atoms with E-state index in [1.165, 1.54) is 17.4 Å². The molecule has 26 heavy (non-hydrogen) atoms. The van der Waals surface area contributed by atoms with Crippen LogP contribution in [0.3, 0.4) is 0 Å². The van der Waals surface area contributed by atoms with Crippen LogP contribution in [0.25, 0.3) is 10.1 Å². The van der Waals surface area contributed by atoms with Gasteiger partial charge in [-0.1, -0.05) is 12.1 Å². The first-order chi connectivity index (χ1) is 12.5. The largest absolute Gasteiger partial charge is 0.339 e. The summed E-state index contributed by atoms with van der Waals surface area (Å²) in [5.74, 6) is -0.738. The minimum Gasteiger partial charge on any atom is -0.339 e. The molecule has 0 atom stereocenters. The standard InChI is InChI=1S/C20H19FN2O2S/c1-3-23(4-2)20(25)13-7-5-8-14(11-13)22-19(24)18-12-15-16(21)9-6-10-17(15)26-18/h5-12H,3-4H2,1-2H3,(H,22,24). The van der Waals surface area contributed by atoms with Crippen LogP contribution >= 0.6 is 11.3 Å². The number of amides is 2. The van der Waals surface area contributed by atoms with Crippen LogP contribution in [0.5, 0.6) is 0 Å². The maximum absolute atomic E-state index is 13.8. The number of carbonyl (C=O) groups excluding carboxylic acids is 2. The van der Waals surface area contributed by atoms with Gasteiger partial charge in [-0.25, -0.2) is 4.39 Å². The van der Waals surface area contributed by atoms with Crippen molar-refractivity contribution in [2.75, 3.05) is 18.4 Å². The Kier molecular flexibility index (Phi) is 5.32. The van der Waals surface area contributed by atoms with Gasteiger partial charge in [0.05, 0.1) is 4.88 Å². The van der Waals surface area contributed by atoms with Crippen LogP contribution in [0.1, 0.15) is 33.9 Å². The Morgan fingerprint density at radius 3 is 2.50 bits per heavy atom. The van der Waals surface area contributed by atoms with Crippen molar-refractivity contribution in [3.05, 3.63) is 64.8 Å². The van der Waals surface area contributed by atoms with Gasteiger partial charge in [-0.05, 0) is 50.2 Å². The first-order valence-corrected chi connectivity index (χ1v) is 9.23. The fourth-order valence-corrected chi connectivity index (χ4v) is 3.72. The third-order valence-electron chi connectivity index (χ3n) is 4.15. The second-order valence-electron chi connectivity index (χ2n) is 5.77. The van der Waals surface area contributed by atoms with E-state index < -0.39 is 0 Å². The first kappa shape index (κ1) is 18.1. The molecule has 0 bridgehead atoms. The number of benzene rings is 2. The van der Waals surface area contributed by atoms with E-state index in [9.17, 15) is 14.0 Å². The van der Waals surface area contributed by atoms with E-state index in [0.29, 0.717) is 34.6 Å². The number of halogens is 1.